The number of methoxy groups -OCH3 is 1. The van der Waals surface area contributed by atoms with Gasteiger partial charge in [0.2, 0.25) is 5.69 Å². The Morgan fingerprint density at radius 2 is 1.65 bits per heavy atom. The quantitative estimate of drug-likeness (QED) is 0.474. The van der Waals surface area contributed by atoms with Crippen molar-refractivity contribution in [1.82, 2.24) is 14.7 Å². The third-order valence-corrected chi connectivity index (χ3v) is 5.59. The number of para-hydroxylation sites is 1. The number of hydrogen-bond donors (Lipinski definition) is 0. The van der Waals surface area contributed by atoms with Gasteiger partial charge in [0.25, 0.3) is 5.91 Å². The van der Waals surface area contributed by atoms with Crippen molar-refractivity contribution < 1.29 is 23.8 Å². The van der Waals surface area contributed by atoms with Gasteiger partial charge in [0.05, 0.1) is 25.6 Å². The SMILES string of the molecule is CCOC(=O)c1nn(-c2ccccc2)cc1OCC(=O)N1CCN(c2ccc(OC)cc2)CC1. The van der Waals surface area contributed by atoms with E-state index in [1.165, 1.54) is 0 Å². The molecule has 1 fully saturated rings. The second kappa shape index (κ2) is 10.7. The van der Waals surface area contributed by atoms with Crippen LogP contribution in [0.5, 0.6) is 11.5 Å². The summed E-state index contributed by atoms with van der Waals surface area (Å²) < 4.78 is 17.6. The van der Waals surface area contributed by atoms with Crippen molar-refractivity contribution >= 4 is 17.6 Å². The van der Waals surface area contributed by atoms with E-state index in [1.54, 1.807) is 29.8 Å². The Labute approximate surface area is 198 Å². The highest BCUT2D eigenvalue weighted by molar-refractivity contribution is 5.90. The molecule has 1 aromatic heterocycles. The van der Waals surface area contributed by atoms with Crippen molar-refractivity contribution in [2.75, 3.05) is 51.4 Å². The average Bonchev–Trinajstić information content (AvgIpc) is 3.33. The van der Waals surface area contributed by atoms with Crippen LogP contribution in [0.3, 0.4) is 0 Å². The molecule has 9 nitrogen and oxygen atoms in total. The molecule has 178 valence electrons. The van der Waals surface area contributed by atoms with Gasteiger partial charge in [-0.1, -0.05) is 18.2 Å². The lowest BCUT2D eigenvalue weighted by Crippen LogP contribution is -2.50. The Morgan fingerprint density at radius 3 is 2.29 bits per heavy atom. The molecule has 2 heterocycles. The maximum Gasteiger partial charge on any atom is 0.362 e. The second-order valence-electron chi connectivity index (χ2n) is 7.70. The maximum atomic E-state index is 12.8. The molecule has 0 saturated carbocycles. The summed E-state index contributed by atoms with van der Waals surface area (Å²) in [7, 11) is 1.64. The molecule has 2 aromatic carbocycles. The summed E-state index contributed by atoms with van der Waals surface area (Å²) in [6.45, 7) is 4.37. The first-order valence-corrected chi connectivity index (χ1v) is 11.2. The van der Waals surface area contributed by atoms with E-state index in [2.05, 4.69) is 10.00 Å². The number of aromatic nitrogens is 2. The zero-order valence-electron chi connectivity index (χ0n) is 19.3. The number of rotatable bonds is 8. The molecule has 0 spiro atoms. The number of carbonyl (C=O) groups is 2. The fraction of sp³-hybridized carbons (Fsp3) is 0.320. The molecule has 1 amide bonds. The van der Waals surface area contributed by atoms with Gasteiger partial charge in [-0.05, 0) is 43.3 Å². The van der Waals surface area contributed by atoms with Crippen molar-refractivity contribution in [3.05, 3.63) is 66.5 Å². The lowest BCUT2D eigenvalue weighted by Gasteiger charge is -2.36. The predicted octanol–water partition coefficient (Wildman–Crippen LogP) is 2.79. The summed E-state index contributed by atoms with van der Waals surface area (Å²) in [5.41, 5.74) is 1.91. The molecule has 0 aliphatic carbocycles. The van der Waals surface area contributed by atoms with Crippen LogP contribution in [0, 0.1) is 0 Å². The molecular weight excluding hydrogens is 436 g/mol. The van der Waals surface area contributed by atoms with Crippen LogP contribution < -0.4 is 14.4 Å². The molecule has 9 heteroatoms. The monoisotopic (exact) mass is 464 g/mol. The van der Waals surface area contributed by atoms with Gasteiger partial charge in [0.1, 0.15) is 5.75 Å². The van der Waals surface area contributed by atoms with E-state index in [9.17, 15) is 9.59 Å². The predicted molar refractivity (Wildman–Crippen MR) is 127 cm³/mol. The molecule has 1 aliphatic rings. The molecule has 34 heavy (non-hydrogen) atoms. The molecule has 4 rings (SSSR count). The van der Waals surface area contributed by atoms with Gasteiger partial charge in [-0.15, -0.1) is 0 Å². The fourth-order valence-electron chi connectivity index (χ4n) is 3.76. The minimum absolute atomic E-state index is 0.0443. The first kappa shape index (κ1) is 23.2. The minimum atomic E-state index is -0.590. The van der Waals surface area contributed by atoms with Gasteiger partial charge in [0.15, 0.2) is 12.4 Å². The van der Waals surface area contributed by atoms with E-state index in [0.29, 0.717) is 13.1 Å². The van der Waals surface area contributed by atoms with Crippen molar-refractivity contribution in [2.45, 2.75) is 6.92 Å². The molecule has 3 aromatic rings. The summed E-state index contributed by atoms with van der Waals surface area (Å²) in [4.78, 5) is 29.2. The lowest BCUT2D eigenvalue weighted by molar-refractivity contribution is -0.133. The van der Waals surface area contributed by atoms with Crippen LogP contribution in [0.1, 0.15) is 17.4 Å². The highest BCUT2D eigenvalue weighted by atomic mass is 16.5. The van der Waals surface area contributed by atoms with Crippen LogP contribution in [-0.4, -0.2) is 73.1 Å². The van der Waals surface area contributed by atoms with E-state index in [-0.39, 0.29) is 30.6 Å². The van der Waals surface area contributed by atoms with Crippen molar-refractivity contribution in [3.63, 3.8) is 0 Å². The summed E-state index contributed by atoms with van der Waals surface area (Å²) in [6, 6.07) is 17.2. The van der Waals surface area contributed by atoms with Gasteiger partial charge in [0, 0.05) is 31.9 Å². The van der Waals surface area contributed by atoms with Crippen LogP contribution >= 0.6 is 0 Å². The number of esters is 1. The Kier molecular flexibility index (Phi) is 7.31. The van der Waals surface area contributed by atoms with E-state index in [4.69, 9.17) is 14.2 Å². The number of amides is 1. The summed E-state index contributed by atoms with van der Waals surface area (Å²) in [6.07, 6.45) is 1.59. The molecule has 1 aliphatic heterocycles. The number of hydrogen-bond acceptors (Lipinski definition) is 7. The molecular formula is C25H28N4O5. The van der Waals surface area contributed by atoms with Crippen molar-refractivity contribution in [3.8, 4) is 17.2 Å². The van der Waals surface area contributed by atoms with E-state index in [0.717, 1.165) is 30.2 Å². The van der Waals surface area contributed by atoms with E-state index in [1.807, 2.05) is 54.6 Å². The largest absolute Gasteiger partial charge is 0.497 e. The van der Waals surface area contributed by atoms with Gasteiger partial charge in [-0.2, -0.15) is 5.10 Å². The number of anilines is 1. The van der Waals surface area contributed by atoms with Crippen molar-refractivity contribution in [1.29, 1.82) is 0 Å². The minimum Gasteiger partial charge on any atom is -0.497 e. The number of benzene rings is 2. The van der Waals surface area contributed by atoms with Gasteiger partial charge >= 0.3 is 5.97 Å². The molecule has 0 radical (unpaired) electrons. The third-order valence-electron chi connectivity index (χ3n) is 5.59. The van der Waals surface area contributed by atoms with Crippen LogP contribution in [0.4, 0.5) is 5.69 Å². The average molecular weight is 465 g/mol. The molecule has 0 unspecified atom stereocenters. The fourth-order valence-corrected chi connectivity index (χ4v) is 3.76. The van der Waals surface area contributed by atoms with Gasteiger partial charge < -0.3 is 24.0 Å². The standard InChI is InChI=1S/C25H28N4O5/c1-3-33-25(31)24-22(17-29(26-24)20-7-5-4-6-8-20)34-18-23(30)28-15-13-27(14-16-28)19-9-11-21(32-2)12-10-19/h4-12,17H,3,13-16,18H2,1-2H3. The third kappa shape index (κ3) is 5.31. The van der Waals surface area contributed by atoms with Crippen LogP contribution in [0.15, 0.2) is 60.8 Å². The molecule has 0 atom stereocenters. The van der Waals surface area contributed by atoms with Gasteiger partial charge in [-0.3, -0.25) is 4.79 Å². The Morgan fingerprint density at radius 1 is 0.941 bits per heavy atom. The van der Waals surface area contributed by atoms with E-state index >= 15 is 0 Å². The zero-order chi connectivity index (χ0) is 23.9. The second-order valence-corrected chi connectivity index (χ2v) is 7.70. The van der Waals surface area contributed by atoms with Crippen molar-refractivity contribution in [2.24, 2.45) is 0 Å². The van der Waals surface area contributed by atoms with Crippen LogP contribution in [0.25, 0.3) is 5.69 Å². The lowest BCUT2D eigenvalue weighted by atomic mass is 10.2. The van der Waals surface area contributed by atoms with Crippen LogP contribution in [-0.2, 0) is 9.53 Å². The summed E-state index contributed by atoms with van der Waals surface area (Å²) >= 11 is 0. The maximum absolute atomic E-state index is 12.8. The Hall–Kier alpha value is -4.01. The Balaban J connectivity index is 1.37. The first-order valence-electron chi connectivity index (χ1n) is 11.2. The number of piperazine rings is 1. The number of carbonyl (C=O) groups excluding carboxylic acids is 2. The van der Waals surface area contributed by atoms with Crippen LogP contribution in [0.2, 0.25) is 0 Å². The topological polar surface area (TPSA) is 86.1 Å². The molecule has 0 bridgehead atoms. The normalized spacial score (nSPS) is 13.5. The smallest absolute Gasteiger partial charge is 0.362 e. The summed E-state index contributed by atoms with van der Waals surface area (Å²) in [5, 5.41) is 4.32. The number of nitrogens with zero attached hydrogens (tertiary/aromatic N) is 4. The molecule has 0 N–H and O–H groups in total. The first-order chi connectivity index (χ1) is 16.6. The zero-order valence-corrected chi connectivity index (χ0v) is 19.3. The highest BCUT2D eigenvalue weighted by Gasteiger charge is 2.24. The van der Waals surface area contributed by atoms with E-state index < -0.39 is 5.97 Å². The highest BCUT2D eigenvalue weighted by Crippen LogP contribution is 2.22. The molecule has 1 saturated heterocycles. The summed E-state index contributed by atoms with van der Waals surface area (Å²) in [5.74, 6) is 0.296. The Bertz CT molecular complexity index is 1110. The van der Waals surface area contributed by atoms with Gasteiger partial charge in [-0.25, -0.2) is 9.48 Å². The number of ether oxygens (including phenoxy) is 3.